The Morgan fingerprint density at radius 3 is 2.50 bits per heavy atom. The van der Waals surface area contributed by atoms with Crippen LogP contribution in [0.4, 0.5) is 0 Å². The molecule has 0 aliphatic heterocycles. The molecule has 0 aromatic carbocycles. The summed E-state index contributed by atoms with van der Waals surface area (Å²) < 4.78 is 11.4. The van der Waals surface area contributed by atoms with Crippen molar-refractivity contribution in [1.29, 1.82) is 0 Å². The first-order valence-electron chi connectivity index (χ1n) is 7.28. The second-order valence-corrected chi connectivity index (χ2v) is 5.19. The van der Waals surface area contributed by atoms with Crippen LogP contribution in [0.5, 0.6) is 0 Å². The summed E-state index contributed by atoms with van der Waals surface area (Å²) in [5.41, 5.74) is 1.80. The van der Waals surface area contributed by atoms with E-state index in [0.717, 1.165) is 11.4 Å². The van der Waals surface area contributed by atoms with Gasteiger partial charge in [0.2, 0.25) is 5.91 Å². The van der Waals surface area contributed by atoms with Gasteiger partial charge >= 0.3 is 5.97 Å². The fraction of sp³-hybridized carbons (Fsp3) is 0.667. The molecule has 1 aromatic rings. The topological polar surface area (TPSA) is 73.7 Å². The minimum Gasteiger partial charge on any atom is -0.469 e. The molecule has 0 saturated carbocycles. The lowest BCUT2D eigenvalue weighted by atomic mass is 10.2. The number of hydrogen-bond acceptors (Lipinski definition) is 5. The zero-order valence-electron chi connectivity index (χ0n) is 14.0. The van der Waals surface area contributed by atoms with Gasteiger partial charge in [-0.25, -0.2) is 0 Å². The molecule has 0 aliphatic carbocycles. The number of esters is 1. The van der Waals surface area contributed by atoms with E-state index in [2.05, 4.69) is 9.84 Å². The molecule has 0 spiro atoms. The van der Waals surface area contributed by atoms with Crippen molar-refractivity contribution in [1.82, 2.24) is 14.7 Å². The van der Waals surface area contributed by atoms with Crippen LogP contribution in [0.2, 0.25) is 0 Å². The summed E-state index contributed by atoms with van der Waals surface area (Å²) in [7, 11) is 2.91. The molecule has 124 valence electrons. The maximum Gasteiger partial charge on any atom is 0.307 e. The van der Waals surface area contributed by atoms with Crippen molar-refractivity contribution in [2.75, 3.05) is 33.9 Å². The Kier molecular flexibility index (Phi) is 7.04. The monoisotopic (exact) mass is 311 g/mol. The lowest BCUT2D eigenvalue weighted by Crippen LogP contribution is -2.40. The predicted octanol–water partition coefficient (Wildman–Crippen LogP) is 1.10. The highest BCUT2D eigenvalue weighted by Crippen LogP contribution is 2.14. The van der Waals surface area contributed by atoms with Crippen LogP contribution in [0.3, 0.4) is 0 Å². The first kappa shape index (κ1) is 18.2. The molecule has 1 heterocycles. The van der Waals surface area contributed by atoms with Gasteiger partial charge in [0.1, 0.15) is 6.04 Å². The van der Waals surface area contributed by atoms with Crippen molar-refractivity contribution in [2.45, 2.75) is 33.2 Å². The number of carbonyl (C=O) groups is 2. The zero-order chi connectivity index (χ0) is 16.7. The molecule has 0 radical (unpaired) electrons. The summed E-state index contributed by atoms with van der Waals surface area (Å²) in [6, 6.07) is 1.50. The molecule has 7 nitrogen and oxygen atoms in total. The largest absolute Gasteiger partial charge is 0.469 e. The second kappa shape index (κ2) is 8.53. The minimum absolute atomic E-state index is 0.0906. The van der Waals surface area contributed by atoms with E-state index in [1.807, 2.05) is 19.9 Å². The van der Waals surface area contributed by atoms with Gasteiger partial charge in [0.15, 0.2) is 0 Å². The van der Waals surface area contributed by atoms with Crippen LogP contribution in [0, 0.1) is 13.8 Å². The summed E-state index contributed by atoms with van der Waals surface area (Å²) in [4.78, 5) is 25.6. The first-order chi connectivity index (χ1) is 10.4. The van der Waals surface area contributed by atoms with Crippen molar-refractivity contribution < 1.29 is 19.1 Å². The average Bonchev–Trinajstić information content (AvgIpc) is 2.84. The van der Waals surface area contributed by atoms with E-state index >= 15 is 0 Å². The molecule has 0 unspecified atom stereocenters. The van der Waals surface area contributed by atoms with Gasteiger partial charge in [0.25, 0.3) is 0 Å². The highest BCUT2D eigenvalue weighted by atomic mass is 16.5. The molecule has 0 bridgehead atoms. The summed E-state index contributed by atoms with van der Waals surface area (Å²) >= 11 is 0. The average molecular weight is 311 g/mol. The van der Waals surface area contributed by atoms with Crippen LogP contribution in [0.15, 0.2) is 6.07 Å². The minimum atomic E-state index is -0.428. The molecule has 7 heteroatoms. The molecule has 1 atom stereocenters. The standard InChI is InChI=1S/C15H25N3O4/c1-11-10-12(2)18(16-11)13(3)15(20)17(8-9-21-4)7-6-14(19)22-5/h10,13H,6-9H2,1-5H3/t13-/m0/s1. The van der Waals surface area contributed by atoms with Crippen LogP contribution >= 0.6 is 0 Å². The Balaban J connectivity index is 2.80. The van der Waals surface area contributed by atoms with Crippen molar-refractivity contribution in [3.63, 3.8) is 0 Å². The number of aryl methyl sites for hydroxylation is 2. The Labute approximate surface area is 131 Å². The second-order valence-electron chi connectivity index (χ2n) is 5.19. The molecule has 1 aromatic heterocycles. The number of aromatic nitrogens is 2. The molecule has 1 rings (SSSR count). The van der Waals surface area contributed by atoms with E-state index in [0.29, 0.717) is 19.7 Å². The van der Waals surface area contributed by atoms with Gasteiger partial charge in [0.05, 0.1) is 25.8 Å². The number of rotatable bonds is 8. The van der Waals surface area contributed by atoms with Gasteiger partial charge in [-0.2, -0.15) is 5.10 Å². The van der Waals surface area contributed by atoms with Crippen LogP contribution in [0.25, 0.3) is 0 Å². The third-order valence-corrected chi connectivity index (χ3v) is 3.46. The quantitative estimate of drug-likeness (QED) is 0.672. The maximum atomic E-state index is 12.7. The lowest BCUT2D eigenvalue weighted by molar-refractivity contribution is -0.142. The Morgan fingerprint density at radius 1 is 1.32 bits per heavy atom. The van der Waals surface area contributed by atoms with Crippen LogP contribution in [0.1, 0.15) is 30.8 Å². The van der Waals surface area contributed by atoms with E-state index in [1.54, 1.807) is 23.6 Å². The van der Waals surface area contributed by atoms with Gasteiger partial charge in [-0.05, 0) is 26.8 Å². The maximum absolute atomic E-state index is 12.7. The Bertz CT molecular complexity index is 513. The van der Waals surface area contributed by atoms with Crippen molar-refractivity contribution in [3.8, 4) is 0 Å². The number of carbonyl (C=O) groups excluding carboxylic acids is 2. The van der Waals surface area contributed by atoms with Crippen LogP contribution < -0.4 is 0 Å². The molecule has 0 saturated heterocycles. The number of ether oxygens (including phenoxy) is 2. The number of hydrogen-bond donors (Lipinski definition) is 0. The SMILES string of the molecule is COCCN(CCC(=O)OC)C(=O)[C@H](C)n1nc(C)cc1C. The Hall–Kier alpha value is -1.89. The van der Waals surface area contributed by atoms with Crippen LogP contribution in [-0.4, -0.2) is 60.5 Å². The number of methoxy groups -OCH3 is 2. The summed E-state index contributed by atoms with van der Waals surface area (Å²) in [6.45, 7) is 6.75. The van der Waals surface area contributed by atoms with Crippen molar-refractivity contribution in [3.05, 3.63) is 17.5 Å². The van der Waals surface area contributed by atoms with Gasteiger partial charge < -0.3 is 14.4 Å². The highest BCUT2D eigenvalue weighted by molar-refractivity contribution is 5.80. The van der Waals surface area contributed by atoms with E-state index in [4.69, 9.17) is 4.74 Å². The lowest BCUT2D eigenvalue weighted by Gasteiger charge is -2.26. The van der Waals surface area contributed by atoms with Crippen molar-refractivity contribution in [2.24, 2.45) is 0 Å². The molecular formula is C15H25N3O4. The summed E-state index contributed by atoms with van der Waals surface area (Å²) in [5, 5.41) is 4.35. The first-order valence-corrected chi connectivity index (χ1v) is 7.28. The molecular weight excluding hydrogens is 286 g/mol. The Morgan fingerprint density at radius 2 is 2.00 bits per heavy atom. The predicted molar refractivity (Wildman–Crippen MR) is 81.5 cm³/mol. The number of nitrogens with zero attached hydrogens (tertiary/aromatic N) is 3. The van der Waals surface area contributed by atoms with E-state index in [-0.39, 0.29) is 18.3 Å². The third-order valence-electron chi connectivity index (χ3n) is 3.46. The van der Waals surface area contributed by atoms with Gasteiger partial charge in [-0.15, -0.1) is 0 Å². The molecule has 22 heavy (non-hydrogen) atoms. The highest BCUT2D eigenvalue weighted by Gasteiger charge is 2.24. The molecule has 1 amide bonds. The van der Waals surface area contributed by atoms with Crippen molar-refractivity contribution >= 4 is 11.9 Å². The van der Waals surface area contributed by atoms with Gasteiger partial charge in [0, 0.05) is 25.9 Å². The van der Waals surface area contributed by atoms with Crippen LogP contribution in [-0.2, 0) is 19.1 Å². The van der Waals surface area contributed by atoms with E-state index < -0.39 is 6.04 Å². The smallest absolute Gasteiger partial charge is 0.307 e. The fourth-order valence-corrected chi connectivity index (χ4v) is 2.27. The van der Waals surface area contributed by atoms with Gasteiger partial charge in [-0.3, -0.25) is 14.3 Å². The van der Waals surface area contributed by atoms with Gasteiger partial charge in [-0.1, -0.05) is 0 Å². The summed E-state index contributed by atoms with van der Waals surface area (Å²) in [6.07, 6.45) is 0.162. The molecule has 0 N–H and O–H groups in total. The fourth-order valence-electron chi connectivity index (χ4n) is 2.27. The van der Waals surface area contributed by atoms with E-state index in [1.165, 1.54) is 7.11 Å². The summed E-state index contributed by atoms with van der Waals surface area (Å²) in [5.74, 6) is -0.430. The normalized spacial score (nSPS) is 12.0. The van der Waals surface area contributed by atoms with E-state index in [9.17, 15) is 9.59 Å². The zero-order valence-corrected chi connectivity index (χ0v) is 14.0. The molecule has 0 aliphatic rings. The number of amides is 1. The molecule has 0 fully saturated rings. The third kappa shape index (κ3) is 4.84.